The number of rotatable bonds is 5. The fourth-order valence-corrected chi connectivity index (χ4v) is 3.81. The van der Waals surface area contributed by atoms with E-state index < -0.39 is 0 Å². The summed E-state index contributed by atoms with van der Waals surface area (Å²) in [5.74, 6) is 2.18. The minimum atomic E-state index is -0.0544. The summed E-state index contributed by atoms with van der Waals surface area (Å²) in [6.45, 7) is 3.98. The molecular weight excluding hydrogens is 370 g/mol. The van der Waals surface area contributed by atoms with E-state index in [-0.39, 0.29) is 11.9 Å². The molecule has 2 aliphatic rings. The molecule has 2 N–H and O–H groups in total. The second-order valence-electron chi connectivity index (χ2n) is 7.19. The number of ether oxygens (including phenoxy) is 3. The second kappa shape index (κ2) is 9.15. The Balaban J connectivity index is 1.44. The van der Waals surface area contributed by atoms with Gasteiger partial charge in [0.15, 0.2) is 11.5 Å². The number of benzene rings is 2. The zero-order valence-electron chi connectivity index (χ0n) is 16.6. The topological polar surface area (TPSA) is 72.1 Å². The van der Waals surface area contributed by atoms with Gasteiger partial charge in [-0.2, -0.15) is 0 Å². The predicted molar refractivity (Wildman–Crippen MR) is 111 cm³/mol. The first-order valence-corrected chi connectivity index (χ1v) is 10.0. The molecule has 154 valence electrons. The van der Waals surface area contributed by atoms with Crippen molar-refractivity contribution in [2.45, 2.75) is 12.5 Å². The zero-order valence-corrected chi connectivity index (χ0v) is 16.6. The third-order valence-electron chi connectivity index (χ3n) is 5.23. The number of nitrogens with zero attached hydrogens (tertiary/aromatic N) is 1. The third kappa shape index (κ3) is 4.63. The largest absolute Gasteiger partial charge is 0.496 e. The number of carbonyl (C=O) groups is 1. The fraction of sp³-hybridized carbons (Fsp3) is 0.409. The Hall–Kier alpha value is -2.77. The van der Waals surface area contributed by atoms with Crippen molar-refractivity contribution in [1.29, 1.82) is 0 Å². The Morgan fingerprint density at radius 1 is 1.21 bits per heavy atom. The van der Waals surface area contributed by atoms with Gasteiger partial charge in [0.2, 0.25) is 5.91 Å². The summed E-state index contributed by atoms with van der Waals surface area (Å²) in [7, 11) is 1.68. The van der Waals surface area contributed by atoms with Gasteiger partial charge in [0.25, 0.3) is 0 Å². The molecule has 0 spiro atoms. The van der Waals surface area contributed by atoms with Gasteiger partial charge in [-0.25, -0.2) is 0 Å². The summed E-state index contributed by atoms with van der Waals surface area (Å²) in [6.07, 6.45) is 0.851. The van der Waals surface area contributed by atoms with E-state index in [2.05, 4.69) is 21.6 Å². The maximum atomic E-state index is 12.8. The highest BCUT2D eigenvalue weighted by Gasteiger charge is 2.27. The Kier molecular flexibility index (Phi) is 6.17. The van der Waals surface area contributed by atoms with Gasteiger partial charge in [-0.3, -0.25) is 9.69 Å². The lowest BCUT2D eigenvalue weighted by atomic mass is 10.0. The molecule has 2 aromatic carbocycles. The number of carbonyl (C=O) groups excluding carboxylic acids is 1. The standard InChI is InChI=1S/C22H27N3O4/c1-27-19-6-3-2-5-17(19)18-14-23-9-10-25(18)15-22(26)24-16-7-8-20-21(13-16)29-12-4-11-28-20/h2-3,5-8,13,18,23H,4,9-12,14-15H2,1H3,(H,24,26). The van der Waals surface area contributed by atoms with Crippen LogP contribution < -0.4 is 24.8 Å². The number of fused-ring (bicyclic) bond motifs is 1. The molecule has 2 aliphatic heterocycles. The van der Waals surface area contributed by atoms with Gasteiger partial charge < -0.3 is 24.8 Å². The molecule has 0 radical (unpaired) electrons. The van der Waals surface area contributed by atoms with Crippen LogP contribution in [0.2, 0.25) is 0 Å². The number of piperazine rings is 1. The normalized spacial score (nSPS) is 19.3. The smallest absolute Gasteiger partial charge is 0.238 e. The van der Waals surface area contributed by atoms with Crippen molar-refractivity contribution in [1.82, 2.24) is 10.2 Å². The van der Waals surface area contributed by atoms with Gasteiger partial charge in [0, 0.05) is 43.4 Å². The first-order valence-electron chi connectivity index (χ1n) is 10.0. The molecule has 0 aliphatic carbocycles. The molecular formula is C22H27N3O4. The molecule has 1 atom stereocenters. The highest BCUT2D eigenvalue weighted by Crippen LogP contribution is 2.33. The van der Waals surface area contributed by atoms with E-state index in [0.29, 0.717) is 31.2 Å². The Morgan fingerprint density at radius 2 is 2.03 bits per heavy atom. The monoisotopic (exact) mass is 397 g/mol. The van der Waals surface area contributed by atoms with Crippen LogP contribution in [0.25, 0.3) is 0 Å². The van der Waals surface area contributed by atoms with Gasteiger partial charge in [-0.05, 0) is 18.2 Å². The van der Waals surface area contributed by atoms with Crippen molar-refractivity contribution in [2.24, 2.45) is 0 Å². The van der Waals surface area contributed by atoms with Gasteiger partial charge in [-0.1, -0.05) is 18.2 Å². The van der Waals surface area contributed by atoms with Gasteiger partial charge in [0.1, 0.15) is 5.75 Å². The number of anilines is 1. The minimum absolute atomic E-state index is 0.0544. The van der Waals surface area contributed by atoms with Crippen LogP contribution in [-0.4, -0.2) is 57.3 Å². The number of hydrogen-bond donors (Lipinski definition) is 2. The van der Waals surface area contributed by atoms with Crippen molar-refractivity contribution < 1.29 is 19.0 Å². The van der Waals surface area contributed by atoms with E-state index >= 15 is 0 Å². The lowest BCUT2D eigenvalue weighted by Gasteiger charge is -2.36. The molecule has 2 aromatic rings. The number of amides is 1. The van der Waals surface area contributed by atoms with E-state index in [9.17, 15) is 4.79 Å². The summed E-state index contributed by atoms with van der Waals surface area (Å²) in [5.41, 5.74) is 1.80. The molecule has 0 aromatic heterocycles. The summed E-state index contributed by atoms with van der Waals surface area (Å²) in [6, 6.07) is 13.6. The molecule has 0 saturated carbocycles. The molecule has 7 heteroatoms. The Labute approximate surface area is 170 Å². The van der Waals surface area contributed by atoms with Crippen LogP contribution in [0, 0.1) is 0 Å². The van der Waals surface area contributed by atoms with Gasteiger partial charge in [-0.15, -0.1) is 0 Å². The predicted octanol–water partition coefficient (Wildman–Crippen LogP) is 2.44. The SMILES string of the molecule is COc1ccccc1C1CNCCN1CC(=O)Nc1ccc2c(c1)OCCCO2. The number of hydrogen-bond acceptors (Lipinski definition) is 6. The molecule has 2 heterocycles. The van der Waals surface area contributed by atoms with Crippen LogP contribution in [0.4, 0.5) is 5.69 Å². The van der Waals surface area contributed by atoms with E-state index in [1.807, 2.05) is 36.4 Å². The average Bonchev–Trinajstić information content (AvgIpc) is 2.99. The molecule has 7 nitrogen and oxygen atoms in total. The molecule has 1 fully saturated rings. The van der Waals surface area contributed by atoms with Crippen molar-refractivity contribution in [3.63, 3.8) is 0 Å². The molecule has 4 rings (SSSR count). The van der Waals surface area contributed by atoms with Crippen molar-refractivity contribution in [3.05, 3.63) is 48.0 Å². The van der Waals surface area contributed by atoms with Crippen LogP contribution in [0.1, 0.15) is 18.0 Å². The number of nitrogens with one attached hydrogen (secondary N) is 2. The van der Waals surface area contributed by atoms with Gasteiger partial charge in [0.05, 0.1) is 32.9 Å². The molecule has 1 unspecified atom stereocenters. The number of para-hydroxylation sites is 1. The maximum Gasteiger partial charge on any atom is 0.238 e. The summed E-state index contributed by atoms with van der Waals surface area (Å²) >= 11 is 0. The third-order valence-corrected chi connectivity index (χ3v) is 5.23. The summed E-state index contributed by atoms with van der Waals surface area (Å²) in [5, 5.41) is 6.41. The lowest BCUT2D eigenvalue weighted by molar-refractivity contribution is -0.118. The van der Waals surface area contributed by atoms with Crippen molar-refractivity contribution >= 4 is 11.6 Å². The lowest BCUT2D eigenvalue weighted by Crippen LogP contribution is -2.48. The first-order chi connectivity index (χ1) is 14.2. The van der Waals surface area contributed by atoms with E-state index in [4.69, 9.17) is 14.2 Å². The van der Waals surface area contributed by atoms with Gasteiger partial charge >= 0.3 is 0 Å². The van der Waals surface area contributed by atoms with E-state index in [1.165, 1.54) is 0 Å². The molecule has 1 amide bonds. The zero-order chi connectivity index (χ0) is 20.1. The minimum Gasteiger partial charge on any atom is -0.496 e. The second-order valence-corrected chi connectivity index (χ2v) is 7.19. The molecule has 29 heavy (non-hydrogen) atoms. The van der Waals surface area contributed by atoms with Crippen LogP contribution in [0.15, 0.2) is 42.5 Å². The highest BCUT2D eigenvalue weighted by molar-refractivity contribution is 5.92. The van der Waals surface area contributed by atoms with Crippen LogP contribution >= 0.6 is 0 Å². The molecule has 0 bridgehead atoms. The van der Waals surface area contributed by atoms with E-state index in [0.717, 1.165) is 43.1 Å². The van der Waals surface area contributed by atoms with E-state index in [1.54, 1.807) is 7.11 Å². The number of methoxy groups -OCH3 is 1. The highest BCUT2D eigenvalue weighted by atomic mass is 16.5. The quantitative estimate of drug-likeness (QED) is 0.808. The molecule has 1 saturated heterocycles. The average molecular weight is 397 g/mol. The van der Waals surface area contributed by atoms with Crippen LogP contribution in [0.3, 0.4) is 0 Å². The Morgan fingerprint density at radius 3 is 2.90 bits per heavy atom. The fourth-order valence-electron chi connectivity index (χ4n) is 3.81. The maximum absolute atomic E-state index is 12.8. The summed E-state index contributed by atoms with van der Waals surface area (Å²) in [4.78, 5) is 15.0. The van der Waals surface area contributed by atoms with Crippen molar-refractivity contribution in [3.8, 4) is 17.2 Å². The summed E-state index contributed by atoms with van der Waals surface area (Å²) < 4.78 is 16.9. The van der Waals surface area contributed by atoms with Crippen LogP contribution in [-0.2, 0) is 4.79 Å². The van der Waals surface area contributed by atoms with Crippen LogP contribution in [0.5, 0.6) is 17.2 Å². The Bertz CT molecular complexity index is 858. The first kappa shape index (κ1) is 19.5. The van der Waals surface area contributed by atoms with Crippen molar-refractivity contribution in [2.75, 3.05) is 51.8 Å².